The van der Waals surface area contributed by atoms with Crippen LogP contribution in [0.5, 0.6) is 23.0 Å². The van der Waals surface area contributed by atoms with Gasteiger partial charge in [-0.25, -0.2) is 28.0 Å². The van der Waals surface area contributed by atoms with E-state index in [9.17, 15) is 85.0 Å². The number of carboxylic acid groups (broad SMARTS) is 4. The summed E-state index contributed by atoms with van der Waals surface area (Å²) in [6.07, 6.45) is 5.44. The lowest BCUT2D eigenvalue weighted by atomic mass is 9.74. The van der Waals surface area contributed by atoms with Gasteiger partial charge in [-0.2, -0.15) is 52.7 Å². The number of benzene rings is 4. The second kappa shape index (κ2) is 50.5. The largest absolute Gasteiger partial charge is 0.493 e. The van der Waals surface area contributed by atoms with Crippen LogP contribution in [-0.2, 0) is 46.8 Å². The fraction of sp³-hybridized carbons (Fsp3) is 0.480. The van der Waals surface area contributed by atoms with E-state index in [0.29, 0.717) is 64.7 Å². The van der Waals surface area contributed by atoms with Crippen molar-refractivity contribution in [3.63, 3.8) is 0 Å². The summed E-state index contributed by atoms with van der Waals surface area (Å²) < 4.78 is 219. The molecular weight excluding hydrogens is 1680 g/mol. The number of carbonyl (C=O) groups is 4. The van der Waals surface area contributed by atoms with E-state index in [1.807, 2.05) is 91.8 Å². The first-order valence-electron chi connectivity index (χ1n) is 41.5. The monoisotopic (exact) mass is 1810 g/mol. The number of alkyl halides is 14. The predicted molar refractivity (Wildman–Crippen MR) is 479 cm³/mol. The van der Waals surface area contributed by atoms with Gasteiger partial charge < -0.3 is 39.4 Å². The van der Waals surface area contributed by atoms with Gasteiger partial charge in [-0.1, -0.05) is 216 Å². The number of hydrogen-bond donors (Lipinski definition) is 4. The first kappa shape index (κ1) is 115. The van der Waals surface area contributed by atoms with Gasteiger partial charge in [-0.15, -0.1) is 0 Å². The third-order valence-corrected chi connectivity index (χ3v) is 20.2. The minimum absolute atomic E-state index is 0.0212. The van der Waals surface area contributed by atoms with Gasteiger partial charge in [0.05, 0.1) is 19.9 Å². The summed E-state index contributed by atoms with van der Waals surface area (Å²) >= 11 is 0. The Kier molecular flexibility index (Phi) is 45.7. The minimum Gasteiger partial charge on any atom is -0.493 e. The number of rotatable bonds is 37. The molecule has 4 aromatic carbocycles. The number of halogens is 15. The lowest BCUT2D eigenvalue weighted by Gasteiger charge is -2.32. The van der Waals surface area contributed by atoms with Crippen LogP contribution in [0, 0.1) is 0 Å². The zero-order valence-electron chi connectivity index (χ0n) is 77.9. The Labute approximate surface area is 740 Å². The molecule has 4 rings (SSSR count). The number of ether oxygens (including phenoxy) is 4. The van der Waals surface area contributed by atoms with E-state index in [1.165, 1.54) is 76.6 Å². The molecule has 4 aromatic rings. The van der Waals surface area contributed by atoms with Gasteiger partial charge in [-0.3, -0.25) is 4.39 Å². The van der Waals surface area contributed by atoms with Crippen LogP contribution in [0.25, 0.3) is 22.3 Å². The third-order valence-electron chi connectivity index (χ3n) is 20.2. The highest BCUT2D eigenvalue weighted by Crippen LogP contribution is 2.50. The van der Waals surface area contributed by atoms with E-state index < -0.39 is 117 Å². The highest BCUT2D eigenvalue weighted by Gasteiger charge is 2.59. The van der Waals surface area contributed by atoms with Gasteiger partial charge in [0.2, 0.25) is 5.83 Å². The van der Waals surface area contributed by atoms with E-state index in [1.54, 1.807) is 51.2 Å². The molecular formula is C100H129F15O12. The van der Waals surface area contributed by atoms with E-state index in [0.717, 1.165) is 80.8 Å². The molecule has 0 aliphatic carbocycles. The summed E-state index contributed by atoms with van der Waals surface area (Å²) in [5.74, 6) is -9.83. The van der Waals surface area contributed by atoms with Crippen LogP contribution in [0.4, 0.5) is 65.9 Å². The average Bonchev–Trinajstić information content (AvgIpc) is 0.769. The lowest BCUT2D eigenvalue weighted by molar-refractivity contribution is -0.289. The van der Waals surface area contributed by atoms with Gasteiger partial charge in [0, 0.05) is 70.0 Å². The molecule has 0 saturated carbocycles. The molecule has 0 fully saturated rings. The Morgan fingerprint density at radius 2 is 0.803 bits per heavy atom. The van der Waals surface area contributed by atoms with Crippen LogP contribution in [-0.4, -0.2) is 102 Å². The molecule has 0 amide bonds. The standard InChI is InChI=1S/C27H37F3O3.C25H33F3O3.C24H26F8O3.C24H33FO3/c1-9-25(5,6)20-15-21(19(4)13-11-12-18(3)14-23(31)32)24(33-17-27(28,29)30)22(16-20)26(7,8)10-2;1-15(10-9-11-16(2)21(28)23(29)30)18-12-17(24(3,4)5)13-19(25(6,7)8)22(18)31-14-20(26)27;1-14(2)18-12-17(23(28,29)24(30,31)32)13-19(21(18)35-10-6-9-22(25,26)27)16(4)8-5-7-15(3)11-20(33)34;1-16(2)20-14-21(17(3)4)24(28-12-8-11-25)22(15-20)19(6)10-7-9-18(5)13-23(26)27/h11-16H,9-10,17H2,1-8H3,(H,31,32);9-13,20H,14H2,1-8H3,(H,29,30);5,7-8,11-14H,6,9-10H2,1-4H3,(H,33,34);7,9-10,13-17H,8,11-12H2,1-6H3,(H,26,27)/b12-11+,18-14+,19-13-;11-9+,15-10-,21-16-;7-5+,15-11+,16-8-;9-7+,18-13+,19-10-. The quantitative estimate of drug-likeness (QED) is 0.0145. The van der Waals surface area contributed by atoms with Crippen molar-refractivity contribution in [2.24, 2.45) is 0 Å². The fourth-order valence-corrected chi connectivity index (χ4v) is 11.9. The first-order valence-corrected chi connectivity index (χ1v) is 41.5. The van der Waals surface area contributed by atoms with Gasteiger partial charge in [0.15, 0.2) is 6.61 Å². The van der Waals surface area contributed by atoms with E-state index in [2.05, 4.69) is 81.4 Å². The summed E-state index contributed by atoms with van der Waals surface area (Å²) in [7, 11) is 0. The average molecular weight is 1810 g/mol. The molecule has 0 aromatic heterocycles. The van der Waals surface area contributed by atoms with Crippen molar-refractivity contribution < 1.29 is 124 Å². The van der Waals surface area contributed by atoms with Crippen molar-refractivity contribution >= 4 is 46.2 Å². The van der Waals surface area contributed by atoms with Crippen molar-refractivity contribution in [2.75, 3.05) is 33.1 Å². The molecule has 0 saturated heterocycles. The van der Waals surface area contributed by atoms with Gasteiger partial charge in [0.25, 0.3) is 6.43 Å². The summed E-state index contributed by atoms with van der Waals surface area (Å²) in [6.45, 7) is 46.8. The maximum absolute atomic E-state index is 14.2. The number of allylic oxidation sites excluding steroid dienone is 20. The fourth-order valence-electron chi connectivity index (χ4n) is 11.9. The summed E-state index contributed by atoms with van der Waals surface area (Å²) in [5.41, 5.74) is 9.82. The van der Waals surface area contributed by atoms with Crippen LogP contribution in [0.2, 0.25) is 0 Å². The van der Waals surface area contributed by atoms with E-state index >= 15 is 0 Å². The van der Waals surface area contributed by atoms with E-state index in [4.69, 9.17) is 39.4 Å². The Morgan fingerprint density at radius 3 is 1.16 bits per heavy atom. The van der Waals surface area contributed by atoms with Crippen LogP contribution in [0.3, 0.4) is 0 Å². The first-order chi connectivity index (χ1) is 58.1. The van der Waals surface area contributed by atoms with Crippen molar-refractivity contribution in [2.45, 2.75) is 282 Å². The van der Waals surface area contributed by atoms with Crippen molar-refractivity contribution in [1.82, 2.24) is 0 Å². The second-order valence-electron chi connectivity index (χ2n) is 35.1. The molecule has 0 aliphatic rings. The predicted octanol–water partition coefficient (Wildman–Crippen LogP) is 30.0. The van der Waals surface area contributed by atoms with Crippen LogP contribution < -0.4 is 18.9 Å². The zero-order chi connectivity index (χ0) is 98.2. The topological polar surface area (TPSA) is 186 Å². The van der Waals surface area contributed by atoms with Gasteiger partial charge in [-0.05, 0) is 217 Å². The van der Waals surface area contributed by atoms with Crippen LogP contribution >= 0.6 is 0 Å². The molecule has 0 bridgehead atoms. The van der Waals surface area contributed by atoms with Gasteiger partial charge in [0.1, 0.15) is 29.6 Å². The highest BCUT2D eigenvalue weighted by molar-refractivity contribution is 5.86. The van der Waals surface area contributed by atoms with Gasteiger partial charge >= 0.3 is 48.3 Å². The molecule has 0 unspecified atom stereocenters. The molecule has 27 heteroatoms. The smallest absolute Gasteiger partial charge is 0.458 e. The molecule has 0 atom stereocenters. The third kappa shape index (κ3) is 39.5. The van der Waals surface area contributed by atoms with Crippen LogP contribution in [0.15, 0.2) is 168 Å². The van der Waals surface area contributed by atoms with Crippen LogP contribution in [0.1, 0.15) is 297 Å². The molecule has 0 spiro atoms. The maximum atomic E-state index is 14.2. The molecule has 12 nitrogen and oxygen atoms in total. The Morgan fingerprint density at radius 1 is 0.425 bits per heavy atom. The maximum Gasteiger partial charge on any atom is 0.458 e. The Balaban J connectivity index is 0.000000849. The molecule has 0 aliphatic heterocycles. The normalized spacial score (nSPS) is 13.9. The molecule has 0 radical (unpaired) electrons. The number of carboxylic acids is 4. The number of hydrogen-bond acceptors (Lipinski definition) is 8. The van der Waals surface area contributed by atoms with Crippen molar-refractivity contribution in [3.05, 3.63) is 235 Å². The molecule has 127 heavy (non-hydrogen) atoms. The summed E-state index contributed by atoms with van der Waals surface area (Å²) in [4.78, 5) is 43.0. The molecule has 4 N–H and O–H groups in total. The second-order valence-corrected chi connectivity index (χ2v) is 35.1. The lowest BCUT2D eigenvalue weighted by Crippen LogP contribution is -2.34. The van der Waals surface area contributed by atoms with Crippen molar-refractivity contribution in [3.8, 4) is 23.0 Å². The molecule has 0 heterocycles. The SMILES string of the molecule is C/C(=C/C=C/C(C)=C(\F)C(=O)O)c1cc(C(C)(C)C)cc(C(C)(C)C)c1OCC(F)F.C/C(=C/C=C/C(C)=C/C(=O)O)c1cc(C(C)C)cc(C(C)C)c1OCCCF.C/C(=C/C=C/C(C)=C/C(=O)O)c1cc(C(F)(F)C(F)(F)F)cc(C(C)C)c1OCCCC(F)(F)F.CCC(C)(C)c1cc(\C(C)=C/C=C/C(C)=C/C(=O)O)c(OCC(F)(F)F)c(C(C)(C)CC)c1. The minimum atomic E-state index is -5.87. The Hall–Kier alpha value is -10.2. The summed E-state index contributed by atoms with van der Waals surface area (Å²) in [5, 5.41) is 35.1. The number of aliphatic carboxylic acids is 4. The van der Waals surface area contributed by atoms with E-state index in [-0.39, 0.29) is 55.9 Å². The highest BCUT2D eigenvalue weighted by atomic mass is 19.4. The zero-order valence-corrected chi connectivity index (χ0v) is 77.9. The molecule has 706 valence electrons. The Bertz CT molecular complexity index is 4750. The summed E-state index contributed by atoms with van der Waals surface area (Å²) in [6, 6.07) is 13.4. The van der Waals surface area contributed by atoms with Crippen molar-refractivity contribution in [1.29, 1.82) is 0 Å².